The van der Waals surface area contributed by atoms with Crippen LogP contribution in [-0.4, -0.2) is 23.0 Å². The summed E-state index contributed by atoms with van der Waals surface area (Å²) in [6.07, 6.45) is 10.6. The number of allylic oxidation sites excluding steroid dienone is 2. The van der Waals surface area contributed by atoms with Crippen molar-refractivity contribution in [3.8, 4) is 0 Å². The lowest BCUT2D eigenvalue weighted by Gasteiger charge is -2.39. The van der Waals surface area contributed by atoms with Crippen molar-refractivity contribution in [1.29, 1.82) is 0 Å². The van der Waals surface area contributed by atoms with Crippen molar-refractivity contribution in [2.45, 2.75) is 59.0 Å². The van der Waals surface area contributed by atoms with Gasteiger partial charge in [0.05, 0.1) is 0 Å². The summed E-state index contributed by atoms with van der Waals surface area (Å²) in [5, 5.41) is 0. The van der Waals surface area contributed by atoms with Crippen molar-refractivity contribution in [3.05, 3.63) is 35.5 Å². The second-order valence-corrected chi connectivity index (χ2v) is 7.03. The molecule has 1 heterocycles. The van der Waals surface area contributed by atoms with Crippen molar-refractivity contribution < 1.29 is 0 Å². The normalized spacial score (nSPS) is 28.4. The summed E-state index contributed by atoms with van der Waals surface area (Å²) >= 11 is 0. The van der Waals surface area contributed by atoms with Gasteiger partial charge in [0, 0.05) is 16.5 Å². The molecule has 1 heteroatoms. The Morgan fingerprint density at radius 2 is 1.28 bits per heavy atom. The number of hydrogen-bond acceptors (Lipinski definition) is 1. The summed E-state index contributed by atoms with van der Waals surface area (Å²) in [6.45, 7) is 13.9. The summed E-state index contributed by atoms with van der Waals surface area (Å²) in [5.41, 5.74) is 3.37. The highest BCUT2D eigenvalue weighted by molar-refractivity contribution is 5.52. The van der Waals surface area contributed by atoms with Crippen LogP contribution in [0.25, 0.3) is 0 Å². The molecule has 100 valence electrons. The van der Waals surface area contributed by atoms with Crippen LogP contribution in [0.2, 0.25) is 0 Å². The largest absolute Gasteiger partial charge is 0.288 e. The van der Waals surface area contributed by atoms with E-state index in [-0.39, 0.29) is 16.5 Å². The molecule has 0 fully saturated rings. The third kappa shape index (κ3) is 1.72. The highest BCUT2D eigenvalue weighted by Crippen LogP contribution is 2.47. The lowest BCUT2D eigenvalue weighted by atomic mass is 9.86. The standard InChI is InChI=1S/C17H27N/c1-8-17(6)11-9-13-14(10-12-17)16(4,5)18(7)15(13,2)3/h9-12H,8H2,1-7H3. The fraction of sp³-hybridized carbons (Fsp3) is 0.647. The zero-order chi connectivity index (χ0) is 13.8. The van der Waals surface area contributed by atoms with Crippen molar-refractivity contribution >= 4 is 0 Å². The van der Waals surface area contributed by atoms with E-state index in [9.17, 15) is 0 Å². The van der Waals surface area contributed by atoms with E-state index in [1.807, 2.05) is 0 Å². The number of rotatable bonds is 1. The highest BCUT2D eigenvalue weighted by atomic mass is 15.2. The van der Waals surface area contributed by atoms with Crippen LogP contribution >= 0.6 is 0 Å². The van der Waals surface area contributed by atoms with Crippen LogP contribution in [0.15, 0.2) is 35.5 Å². The fourth-order valence-corrected chi connectivity index (χ4v) is 3.15. The SMILES string of the molecule is CCC1(C)C=CC2=C(C=C1)C(C)(C)N(C)C2(C)C. The van der Waals surface area contributed by atoms with Gasteiger partial charge in [-0.3, -0.25) is 4.90 Å². The molecule has 0 amide bonds. The molecular formula is C17H27N. The first-order valence-corrected chi connectivity index (χ1v) is 7.03. The lowest BCUT2D eigenvalue weighted by Crippen LogP contribution is -2.48. The first-order valence-electron chi connectivity index (χ1n) is 7.03. The van der Waals surface area contributed by atoms with E-state index in [1.54, 1.807) is 0 Å². The molecule has 2 rings (SSSR count). The van der Waals surface area contributed by atoms with Crippen LogP contribution in [-0.2, 0) is 0 Å². The quantitative estimate of drug-likeness (QED) is 0.664. The Morgan fingerprint density at radius 3 is 1.61 bits per heavy atom. The van der Waals surface area contributed by atoms with Crippen LogP contribution in [0.1, 0.15) is 48.0 Å². The van der Waals surface area contributed by atoms with E-state index >= 15 is 0 Å². The van der Waals surface area contributed by atoms with E-state index in [1.165, 1.54) is 11.1 Å². The van der Waals surface area contributed by atoms with Gasteiger partial charge >= 0.3 is 0 Å². The Balaban J connectivity index is 2.56. The van der Waals surface area contributed by atoms with Crippen LogP contribution in [0, 0.1) is 5.41 Å². The zero-order valence-corrected chi connectivity index (χ0v) is 13.0. The molecule has 0 atom stereocenters. The summed E-state index contributed by atoms with van der Waals surface area (Å²) in [4.78, 5) is 2.48. The molecule has 0 N–H and O–H groups in total. The average Bonchev–Trinajstić information content (AvgIpc) is 2.47. The van der Waals surface area contributed by atoms with Gasteiger partial charge in [-0.15, -0.1) is 0 Å². The molecule has 1 aliphatic carbocycles. The predicted molar refractivity (Wildman–Crippen MR) is 79.6 cm³/mol. The Morgan fingerprint density at radius 1 is 0.889 bits per heavy atom. The lowest BCUT2D eigenvalue weighted by molar-refractivity contribution is 0.127. The molecule has 1 nitrogen and oxygen atoms in total. The molecule has 0 spiro atoms. The number of likely N-dealkylation sites (N-methyl/N-ethyl adjacent to an activating group) is 1. The molecule has 0 saturated heterocycles. The van der Waals surface area contributed by atoms with Crippen molar-refractivity contribution in [2.24, 2.45) is 5.41 Å². The Hall–Kier alpha value is -0.820. The molecule has 1 aliphatic heterocycles. The number of nitrogens with zero attached hydrogens (tertiary/aromatic N) is 1. The maximum absolute atomic E-state index is 2.48. The summed E-state index contributed by atoms with van der Waals surface area (Å²) in [7, 11) is 2.23. The van der Waals surface area contributed by atoms with Crippen molar-refractivity contribution in [3.63, 3.8) is 0 Å². The van der Waals surface area contributed by atoms with E-state index in [4.69, 9.17) is 0 Å². The highest BCUT2D eigenvalue weighted by Gasteiger charge is 2.47. The summed E-state index contributed by atoms with van der Waals surface area (Å²) in [5.74, 6) is 0. The van der Waals surface area contributed by atoms with E-state index < -0.39 is 0 Å². The minimum Gasteiger partial charge on any atom is -0.288 e. The Kier molecular flexibility index (Phi) is 2.90. The summed E-state index contributed by atoms with van der Waals surface area (Å²) in [6, 6.07) is 0. The fourth-order valence-electron chi connectivity index (χ4n) is 3.15. The summed E-state index contributed by atoms with van der Waals surface area (Å²) < 4.78 is 0. The van der Waals surface area contributed by atoms with Gasteiger partial charge in [0.25, 0.3) is 0 Å². The van der Waals surface area contributed by atoms with Crippen LogP contribution in [0.4, 0.5) is 0 Å². The second kappa shape index (κ2) is 3.84. The van der Waals surface area contributed by atoms with Gasteiger partial charge in [-0.05, 0) is 52.3 Å². The minimum absolute atomic E-state index is 0.110. The molecule has 0 saturated carbocycles. The maximum atomic E-state index is 2.48. The average molecular weight is 245 g/mol. The number of hydrogen-bond donors (Lipinski definition) is 0. The van der Waals surface area contributed by atoms with Gasteiger partial charge in [0.15, 0.2) is 0 Å². The van der Waals surface area contributed by atoms with Crippen LogP contribution < -0.4 is 0 Å². The molecule has 0 aromatic carbocycles. The van der Waals surface area contributed by atoms with Gasteiger partial charge in [-0.1, -0.05) is 38.2 Å². The molecule has 2 aliphatic rings. The van der Waals surface area contributed by atoms with Crippen molar-refractivity contribution in [2.75, 3.05) is 7.05 Å². The molecule has 18 heavy (non-hydrogen) atoms. The third-order valence-corrected chi connectivity index (χ3v) is 5.31. The van der Waals surface area contributed by atoms with Gasteiger partial charge in [0.1, 0.15) is 0 Å². The van der Waals surface area contributed by atoms with Crippen LogP contribution in [0.5, 0.6) is 0 Å². The van der Waals surface area contributed by atoms with Gasteiger partial charge in [-0.25, -0.2) is 0 Å². The maximum Gasteiger partial charge on any atom is 0.0413 e. The molecule has 0 radical (unpaired) electrons. The van der Waals surface area contributed by atoms with Crippen LogP contribution in [0.3, 0.4) is 0 Å². The first kappa shape index (κ1) is 13.6. The molecule has 0 bridgehead atoms. The monoisotopic (exact) mass is 245 g/mol. The minimum atomic E-state index is 0.110. The van der Waals surface area contributed by atoms with E-state index in [2.05, 4.69) is 77.8 Å². The van der Waals surface area contributed by atoms with Crippen molar-refractivity contribution in [1.82, 2.24) is 4.90 Å². The van der Waals surface area contributed by atoms with Gasteiger partial charge in [0.2, 0.25) is 0 Å². The Bertz CT molecular complexity index is 410. The zero-order valence-electron chi connectivity index (χ0n) is 13.0. The molecule has 0 unspecified atom stereocenters. The van der Waals surface area contributed by atoms with Gasteiger partial charge < -0.3 is 0 Å². The van der Waals surface area contributed by atoms with E-state index in [0.29, 0.717) is 0 Å². The topological polar surface area (TPSA) is 3.24 Å². The molecule has 0 aromatic rings. The smallest absolute Gasteiger partial charge is 0.0413 e. The second-order valence-electron chi connectivity index (χ2n) is 7.03. The third-order valence-electron chi connectivity index (χ3n) is 5.31. The van der Waals surface area contributed by atoms with Gasteiger partial charge in [-0.2, -0.15) is 0 Å². The van der Waals surface area contributed by atoms with E-state index in [0.717, 1.165) is 6.42 Å². The molecule has 0 aromatic heterocycles. The first-order chi connectivity index (χ1) is 8.15. The molecular weight excluding hydrogens is 218 g/mol. The Labute approximate surface area is 112 Å². The predicted octanol–water partition coefficient (Wildman–Crippen LogP) is 4.33.